The number of rotatable bonds is 4. The fourth-order valence-electron chi connectivity index (χ4n) is 2.78. The highest BCUT2D eigenvalue weighted by atomic mass is 32.2. The summed E-state index contributed by atoms with van der Waals surface area (Å²) in [7, 11) is 0. The number of benzene rings is 1. The molecule has 0 spiro atoms. The second-order valence-electron chi connectivity index (χ2n) is 5.26. The Kier molecular flexibility index (Phi) is 4.38. The summed E-state index contributed by atoms with van der Waals surface area (Å²) < 4.78 is 0. The fraction of sp³-hybridized carbons (Fsp3) is 0.467. The first-order chi connectivity index (χ1) is 9.45. The molecule has 1 fully saturated rings. The van der Waals surface area contributed by atoms with Gasteiger partial charge in [0.2, 0.25) is 5.91 Å². The second-order valence-corrected chi connectivity index (χ2v) is 6.14. The monoisotopic (exact) mass is 293 g/mol. The number of aliphatic carboxylic acids is 1. The van der Waals surface area contributed by atoms with Crippen LogP contribution in [0.25, 0.3) is 0 Å². The van der Waals surface area contributed by atoms with E-state index in [9.17, 15) is 14.7 Å². The molecule has 1 aliphatic heterocycles. The van der Waals surface area contributed by atoms with E-state index in [2.05, 4.69) is 0 Å². The van der Waals surface area contributed by atoms with Crippen molar-refractivity contribution in [3.05, 3.63) is 29.8 Å². The smallest absolute Gasteiger partial charge is 0.309 e. The van der Waals surface area contributed by atoms with Crippen molar-refractivity contribution in [1.29, 1.82) is 0 Å². The van der Waals surface area contributed by atoms with Crippen molar-refractivity contribution in [2.24, 2.45) is 5.92 Å². The third-order valence-corrected chi connectivity index (χ3v) is 4.44. The number of nitrogens with zero attached hydrogens (tertiary/aromatic N) is 1. The first kappa shape index (κ1) is 14.9. The zero-order valence-corrected chi connectivity index (χ0v) is 12.7. The van der Waals surface area contributed by atoms with E-state index in [0.29, 0.717) is 0 Å². The molecule has 0 saturated carbocycles. The van der Waals surface area contributed by atoms with E-state index in [-0.39, 0.29) is 24.4 Å². The van der Waals surface area contributed by atoms with Gasteiger partial charge in [-0.05, 0) is 37.8 Å². The van der Waals surface area contributed by atoms with Gasteiger partial charge in [-0.1, -0.05) is 12.1 Å². The van der Waals surface area contributed by atoms with Crippen LogP contribution in [-0.2, 0) is 9.59 Å². The molecule has 1 N–H and O–H groups in total. The molecule has 108 valence electrons. The van der Waals surface area contributed by atoms with E-state index in [1.54, 1.807) is 16.7 Å². The molecule has 1 aliphatic rings. The van der Waals surface area contributed by atoms with E-state index in [1.807, 2.05) is 44.4 Å². The molecule has 1 aromatic rings. The van der Waals surface area contributed by atoms with E-state index < -0.39 is 11.9 Å². The Bertz CT molecular complexity index is 512. The normalized spacial score (nSPS) is 22.6. The Morgan fingerprint density at radius 2 is 1.95 bits per heavy atom. The molecule has 1 saturated heterocycles. The standard InChI is InChI=1S/C15H19NO3S/c1-9(2)16-13(17)8-12(15(18)19)14(16)10-4-6-11(20-3)7-5-10/h4-7,9,12,14H,8H2,1-3H3,(H,18,19). The van der Waals surface area contributed by atoms with Gasteiger partial charge in [0.1, 0.15) is 0 Å². The Hall–Kier alpha value is -1.49. The van der Waals surface area contributed by atoms with Crippen LogP contribution in [0.15, 0.2) is 29.2 Å². The molecule has 4 nitrogen and oxygen atoms in total. The van der Waals surface area contributed by atoms with E-state index >= 15 is 0 Å². The van der Waals surface area contributed by atoms with Crippen LogP contribution >= 0.6 is 11.8 Å². The van der Waals surface area contributed by atoms with Gasteiger partial charge in [-0.15, -0.1) is 11.8 Å². The lowest BCUT2D eigenvalue weighted by molar-refractivity contribution is -0.142. The Morgan fingerprint density at radius 1 is 1.35 bits per heavy atom. The van der Waals surface area contributed by atoms with Crippen LogP contribution in [0, 0.1) is 5.92 Å². The van der Waals surface area contributed by atoms with Crippen molar-refractivity contribution in [3.63, 3.8) is 0 Å². The zero-order valence-electron chi connectivity index (χ0n) is 11.9. The van der Waals surface area contributed by atoms with Crippen LogP contribution in [-0.4, -0.2) is 34.2 Å². The average molecular weight is 293 g/mol. The van der Waals surface area contributed by atoms with Gasteiger partial charge in [0.25, 0.3) is 0 Å². The number of hydrogen-bond acceptors (Lipinski definition) is 3. The minimum atomic E-state index is -0.902. The van der Waals surface area contributed by atoms with Crippen molar-refractivity contribution >= 4 is 23.6 Å². The molecule has 0 aliphatic carbocycles. The topological polar surface area (TPSA) is 57.6 Å². The largest absolute Gasteiger partial charge is 0.481 e. The number of carboxylic acid groups (broad SMARTS) is 1. The van der Waals surface area contributed by atoms with Crippen molar-refractivity contribution in [2.45, 2.75) is 37.2 Å². The summed E-state index contributed by atoms with van der Waals surface area (Å²) in [6.07, 6.45) is 2.08. The summed E-state index contributed by atoms with van der Waals surface area (Å²) in [5.74, 6) is -1.64. The Morgan fingerprint density at radius 3 is 2.40 bits per heavy atom. The average Bonchev–Trinajstić information content (AvgIpc) is 2.76. The number of carboxylic acids is 1. The minimum Gasteiger partial charge on any atom is -0.481 e. The van der Waals surface area contributed by atoms with Crippen LogP contribution in [0.4, 0.5) is 0 Å². The summed E-state index contributed by atoms with van der Waals surface area (Å²) >= 11 is 1.64. The second kappa shape index (κ2) is 5.87. The molecule has 0 radical (unpaired) electrons. The van der Waals surface area contributed by atoms with Gasteiger partial charge >= 0.3 is 5.97 Å². The molecule has 1 heterocycles. The highest BCUT2D eigenvalue weighted by molar-refractivity contribution is 7.98. The number of amides is 1. The van der Waals surface area contributed by atoms with Crippen molar-refractivity contribution in [2.75, 3.05) is 6.26 Å². The highest BCUT2D eigenvalue weighted by Gasteiger charge is 2.45. The predicted octanol–water partition coefficient (Wildman–Crippen LogP) is 2.79. The van der Waals surface area contributed by atoms with Crippen molar-refractivity contribution < 1.29 is 14.7 Å². The van der Waals surface area contributed by atoms with Gasteiger partial charge in [0.05, 0.1) is 12.0 Å². The maximum Gasteiger partial charge on any atom is 0.309 e. The van der Waals surface area contributed by atoms with E-state index in [4.69, 9.17) is 0 Å². The lowest BCUT2D eigenvalue weighted by Crippen LogP contribution is -2.36. The van der Waals surface area contributed by atoms with Crippen molar-refractivity contribution in [3.8, 4) is 0 Å². The van der Waals surface area contributed by atoms with Crippen LogP contribution in [0.5, 0.6) is 0 Å². The molecule has 2 rings (SSSR count). The van der Waals surface area contributed by atoms with Gasteiger partial charge in [-0.25, -0.2) is 0 Å². The number of carbonyl (C=O) groups is 2. The first-order valence-electron chi connectivity index (χ1n) is 6.63. The quantitative estimate of drug-likeness (QED) is 0.867. The summed E-state index contributed by atoms with van der Waals surface area (Å²) in [6.45, 7) is 3.84. The predicted molar refractivity (Wildman–Crippen MR) is 78.7 cm³/mol. The van der Waals surface area contributed by atoms with Crippen LogP contribution in [0.1, 0.15) is 31.9 Å². The van der Waals surface area contributed by atoms with E-state index in [1.165, 1.54) is 0 Å². The molecule has 0 bridgehead atoms. The number of thioether (sulfide) groups is 1. The lowest BCUT2D eigenvalue weighted by atomic mass is 9.93. The molecule has 5 heteroatoms. The number of carbonyl (C=O) groups excluding carboxylic acids is 1. The summed E-state index contributed by atoms with van der Waals surface area (Å²) in [5.41, 5.74) is 0.898. The van der Waals surface area contributed by atoms with Gasteiger partial charge in [0, 0.05) is 17.4 Å². The van der Waals surface area contributed by atoms with Gasteiger partial charge < -0.3 is 10.0 Å². The Labute approximate surface area is 123 Å². The SMILES string of the molecule is CSc1ccc(C2C(C(=O)O)CC(=O)N2C(C)C)cc1. The fourth-order valence-corrected chi connectivity index (χ4v) is 3.19. The summed E-state index contributed by atoms with van der Waals surface area (Å²) in [6, 6.07) is 7.44. The molecule has 0 aromatic heterocycles. The molecular weight excluding hydrogens is 274 g/mol. The molecule has 20 heavy (non-hydrogen) atoms. The maximum atomic E-state index is 12.1. The zero-order chi connectivity index (χ0) is 14.9. The minimum absolute atomic E-state index is 0.00271. The number of hydrogen-bond donors (Lipinski definition) is 1. The first-order valence-corrected chi connectivity index (χ1v) is 7.86. The van der Waals surface area contributed by atoms with Gasteiger partial charge in [-0.2, -0.15) is 0 Å². The molecule has 1 aromatic carbocycles. The number of likely N-dealkylation sites (tertiary alicyclic amines) is 1. The highest BCUT2D eigenvalue weighted by Crippen LogP contribution is 2.40. The molecule has 2 atom stereocenters. The van der Waals surface area contributed by atoms with Crippen LogP contribution in [0.2, 0.25) is 0 Å². The van der Waals surface area contributed by atoms with Crippen molar-refractivity contribution in [1.82, 2.24) is 4.90 Å². The van der Waals surface area contributed by atoms with E-state index in [0.717, 1.165) is 10.5 Å². The van der Waals surface area contributed by atoms with Gasteiger partial charge in [0.15, 0.2) is 0 Å². The lowest BCUT2D eigenvalue weighted by Gasteiger charge is -2.30. The molecule has 1 amide bonds. The summed E-state index contributed by atoms with van der Waals surface area (Å²) in [5, 5.41) is 9.38. The third-order valence-electron chi connectivity index (χ3n) is 3.69. The molecular formula is C15H19NO3S. The summed E-state index contributed by atoms with van der Waals surface area (Å²) in [4.78, 5) is 26.4. The van der Waals surface area contributed by atoms with Gasteiger partial charge in [-0.3, -0.25) is 9.59 Å². The Balaban J connectivity index is 2.40. The maximum absolute atomic E-state index is 12.1. The molecule has 2 unspecified atom stereocenters. The van der Waals surface area contributed by atoms with Crippen LogP contribution in [0.3, 0.4) is 0 Å². The van der Waals surface area contributed by atoms with Crippen LogP contribution < -0.4 is 0 Å². The third kappa shape index (κ3) is 2.68.